The topological polar surface area (TPSA) is 41.6 Å². The second kappa shape index (κ2) is 7.70. The Balaban J connectivity index is 1.67. The summed E-state index contributed by atoms with van der Waals surface area (Å²) in [6.45, 7) is 5.45. The zero-order valence-electron chi connectivity index (χ0n) is 15.2. The molecule has 0 aliphatic carbocycles. The number of likely N-dealkylation sites (tertiary alicyclic amines) is 1. The van der Waals surface area contributed by atoms with E-state index in [4.69, 9.17) is 4.74 Å². The van der Waals surface area contributed by atoms with Crippen LogP contribution in [0.25, 0.3) is 0 Å². The van der Waals surface area contributed by atoms with E-state index in [2.05, 4.69) is 28.4 Å². The number of nitrogens with one attached hydrogen (secondary N) is 1. The van der Waals surface area contributed by atoms with Crippen molar-refractivity contribution in [2.45, 2.75) is 32.7 Å². The number of aryl methyl sites for hydroxylation is 2. The monoisotopic (exact) mass is 338 g/mol. The molecule has 1 saturated heterocycles. The van der Waals surface area contributed by atoms with Gasteiger partial charge < -0.3 is 10.1 Å². The maximum Gasteiger partial charge on any atom is 0.238 e. The Morgan fingerprint density at radius 2 is 1.96 bits per heavy atom. The fraction of sp³-hybridized carbons (Fsp3) is 0.381. The van der Waals surface area contributed by atoms with E-state index in [9.17, 15) is 4.79 Å². The number of hydrogen-bond donors (Lipinski definition) is 1. The SMILES string of the molecule is COc1cccc([C@@H]2CCCN2CC(=O)Nc2cc(C)cc(C)c2)c1. The van der Waals surface area contributed by atoms with Gasteiger partial charge in [0.15, 0.2) is 0 Å². The number of methoxy groups -OCH3 is 1. The number of rotatable bonds is 5. The molecule has 0 bridgehead atoms. The smallest absolute Gasteiger partial charge is 0.238 e. The van der Waals surface area contributed by atoms with Crippen molar-refractivity contribution in [3.63, 3.8) is 0 Å². The van der Waals surface area contributed by atoms with E-state index in [1.807, 2.05) is 38.1 Å². The van der Waals surface area contributed by atoms with E-state index in [0.717, 1.165) is 42.0 Å². The lowest BCUT2D eigenvalue weighted by atomic mass is 10.0. The molecule has 1 heterocycles. The minimum atomic E-state index is 0.0415. The van der Waals surface area contributed by atoms with Gasteiger partial charge in [-0.2, -0.15) is 0 Å². The van der Waals surface area contributed by atoms with Crippen LogP contribution in [-0.4, -0.2) is 31.0 Å². The number of amides is 1. The van der Waals surface area contributed by atoms with Gasteiger partial charge in [0.2, 0.25) is 5.91 Å². The Morgan fingerprint density at radius 1 is 1.20 bits per heavy atom. The number of hydrogen-bond acceptors (Lipinski definition) is 3. The molecule has 1 N–H and O–H groups in total. The van der Waals surface area contributed by atoms with Crippen LogP contribution in [0.5, 0.6) is 5.75 Å². The van der Waals surface area contributed by atoms with Gasteiger partial charge in [-0.3, -0.25) is 9.69 Å². The predicted molar refractivity (Wildman–Crippen MR) is 101 cm³/mol. The van der Waals surface area contributed by atoms with Crippen LogP contribution < -0.4 is 10.1 Å². The zero-order valence-corrected chi connectivity index (χ0v) is 15.2. The summed E-state index contributed by atoms with van der Waals surface area (Å²) in [6.07, 6.45) is 2.18. The van der Waals surface area contributed by atoms with Crippen molar-refractivity contribution >= 4 is 11.6 Å². The van der Waals surface area contributed by atoms with Crippen LogP contribution >= 0.6 is 0 Å². The van der Waals surface area contributed by atoms with Crippen molar-refractivity contribution in [2.75, 3.05) is 25.5 Å². The molecule has 2 aromatic carbocycles. The van der Waals surface area contributed by atoms with Gasteiger partial charge in [0.25, 0.3) is 0 Å². The van der Waals surface area contributed by atoms with Crippen LogP contribution in [-0.2, 0) is 4.79 Å². The largest absolute Gasteiger partial charge is 0.497 e. The fourth-order valence-electron chi connectivity index (χ4n) is 3.67. The minimum absolute atomic E-state index is 0.0415. The molecule has 4 heteroatoms. The number of carbonyl (C=O) groups is 1. The van der Waals surface area contributed by atoms with Crippen molar-refractivity contribution in [3.8, 4) is 5.75 Å². The van der Waals surface area contributed by atoms with Crippen molar-refractivity contribution in [1.82, 2.24) is 4.90 Å². The van der Waals surface area contributed by atoms with Crippen molar-refractivity contribution in [3.05, 3.63) is 59.2 Å². The molecule has 3 rings (SSSR count). The lowest BCUT2D eigenvalue weighted by Crippen LogP contribution is -2.33. The maximum absolute atomic E-state index is 12.5. The number of benzene rings is 2. The molecule has 1 aliphatic heterocycles. The summed E-state index contributed by atoms with van der Waals surface area (Å²) in [6, 6.07) is 14.6. The van der Waals surface area contributed by atoms with Crippen molar-refractivity contribution < 1.29 is 9.53 Å². The molecule has 1 aliphatic rings. The first-order valence-electron chi connectivity index (χ1n) is 8.81. The second-order valence-corrected chi connectivity index (χ2v) is 6.83. The first kappa shape index (κ1) is 17.5. The van der Waals surface area contributed by atoms with E-state index in [-0.39, 0.29) is 11.9 Å². The van der Waals surface area contributed by atoms with Gasteiger partial charge in [0.1, 0.15) is 5.75 Å². The van der Waals surface area contributed by atoms with Gasteiger partial charge in [0, 0.05) is 11.7 Å². The van der Waals surface area contributed by atoms with Crippen LogP contribution in [0.2, 0.25) is 0 Å². The van der Waals surface area contributed by atoms with Gasteiger partial charge in [-0.1, -0.05) is 18.2 Å². The summed E-state index contributed by atoms with van der Waals surface area (Å²) < 4.78 is 5.33. The molecule has 1 atom stereocenters. The molecule has 1 amide bonds. The molecule has 2 aromatic rings. The predicted octanol–water partition coefficient (Wildman–Crippen LogP) is 4.09. The highest BCUT2D eigenvalue weighted by Gasteiger charge is 2.27. The number of carbonyl (C=O) groups excluding carboxylic acids is 1. The first-order chi connectivity index (χ1) is 12.0. The van der Waals surface area contributed by atoms with E-state index in [1.165, 1.54) is 5.56 Å². The zero-order chi connectivity index (χ0) is 17.8. The van der Waals surface area contributed by atoms with Gasteiger partial charge in [-0.25, -0.2) is 0 Å². The molecule has 0 radical (unpaired) electrons. The van der Waals surface area contributed by atoms with E-state index >= 15 is 0 Å². The molecule has 1 fully saturated rings. The lowest BCUT2D eigenvalue weighted by Gasteiger charge is -2.24. The van der Waals surface area contributed by atoms with E-state index in [1.54, 1.807) is 7.11 Å². The van der Waals surface area contributed by atoms with Gasteiger partial charge in [0.05, 0.1) is 13.7 Å². The van der Waals surface area contributed by atoms with E-state index < -0.39 is 0 Å². The standard InChI is InChI=1S/C21H26N2O2/c1-15-10-16(2)12-18(11-15)22-21(24)14-23-9-5-8-20(23)17-6-4-7-19(13-17)25-3/h4,6-7,10-13,20H,5,8-9,14H2,1-3H3,(H,22,24)/t20-/m0/s1. The summed E-state index contributed by atoms with van der Waals surface area (Å²) in [5, 5.41) is 3.04. The molecule has 0 unspecified atom stereocenters. The third kappa shape index (κ3) is 4.40. The molecular weight excluding hydrogens is 312 g/mol. The van der Waals surface area contributed by atoms with E-state index in [0.29, 0.717) is 6.54 Å². The maximum atomic E-state index is 12.5. The van der Waals surface area contributed by atoms with Gasteiger partial charge in [-0.15, -0.1) is 0 Å². The second-order valence-electron chi connectivity index (χ2n) is 6.83. The molecule has 132 valence electrons. The Hall–Kier alpha value is -2.33. The Kier molecular flexibility index (Phi) is 5.39. The summed E-state index contributed by atoms with van der Waals surface area (Å²) in [5.41, 5.74) is 4.41. The highest BCUT2D eigenvalue weighted by Crippen LogP contribution is 2.33. The summed E-state index contributed by atoms with van der Waals surface area (Å²) in [4.78, 5) is 14.8. The van der Waals surface area contributed by atoms with Crippen molar-refractivity contribution in [2.24, 2.45) is 0 Å². The third-order valence-electron chi connectivity index (χ3n) is 4.69. The molecule has 0 aromatic heterocycles. The molecule has 0 spiro atoms. The average Bonchev–Trinajstić information content (AvgIpc) is 3.01. The molecule has 0 saturated carbocycles. The third-order valence-corrected chi connectivity index (χ3v) is 4.69. The summed E-state index contributed by atoms with van der Waals surface area (Å²) in [5.74, 6) is 0.906. The summed E-state index contributed by atoms with van der Waals surface area (Å²) in [7, 11) is 1.68. The van der Waals surface area contributed by atoms with Crippen molar-refractivity contribution in [1.29, 1.82) is 0 Å². The fourth-order valence-corrected chi connectivity index (χ4v) is 3.67. The van der Waals surface area contributed by atoms with Crippen LogP contribution in [0.4, 0.5) is 5.69 Å². The molecule has 25 heavy (non-hydrogen) atoms. The van der Waals surface area contributed by atoms with Gasteiger partial charge in [-0.05, 0) is 74.2 Å². The van der Waals surface area contributed by atoms with Crippen LogP contribution in [0.15, 0.2) is 42.5 Å². The Labute approximate surface area is 149 Å². The minimum Gasteiger partial charge on any atom is -0.497 e. The Bertz CT molecular complexity index is 737. The number of nitrogens with zero attached hydrogens (tertiary/aromatic N) is 1. The number of ether oxygens (including phenoxy) is 1. The summed E-state index contributed by atoms with van der Waals surface area (Å²) >= 11 is 0. The van der Waals surface area contributed by atoms with Crippen LogP contribution in [0.1, 0.15) is 35.6 Å². The normalized spacial score (nSPS) is 17.5. The molecule has 4 nitrogen and oxygen atoms in total. The molecular formula is C21H26N2O2. The highest BCUT2D eigenvalue weighted by atomic mass is 16.5. The average molecular weight is 338 g/mol. The Morgan fingerprint density at radius 3 is 2.68 bits per heavy atom. The lowest BCUT2D eigenvalue weighted by molar-refractivity contribution is -0.117. The number of anilines is 1. The quantitative estimate of drug-likeness (QED) is 0.893. The van der Waals surface area contributed by atoms with Gasteiger partial charge >= 0.3 is 0 Å². The first-order valence-corrected chi connectivity index (χ1v) is 8.81. The van der Waals surface area contributed by atoms with Crippen LogP contribution in [0.3, 0.4) is 0 Å². The highest BCUT2D eigenvalue weighted by molar-refractivity contribution is 5.92. The van der Waals surface area contributed by atoms with Crippen LogP contribution in [0, 0.1) is 13.8 Å².